The summed E-state index contributed by atoms with van der Waals surface area (Å²) < 4.78 is 22.9. The van der Waals surface area contributed by atoms with E-state index < -0.39 is 9.84 Å². The van der Waals surface area contributed by atoms with Crippen LogP contribution in [0.4, 0.5) is 0 Å². The lowest BCUT2D eigenvalue weighted by atomic mass is 10.2. The highest BCUT2D eigenvalue weighted by molar-refractivity contribution is 14.0. The molecule has 2 aromatic rings. The van der Waals surface area contributed by atoms with Crippen molar-refractivity contribution in [3.05, 3.63) is 51.7 Å². The second-order valence-electron chi connectivity index (χ2n) is 5.48. The summed E-state index contributed by atoms with van der Waals surface area (Å²) in [6.45, 7) is 6.11. The summed E-state index contributed by atoms with van der Waals surface area (Å²) >= 11 is 1.76. The monoisotopic (exact) mass is 493 g/mol. The van der Waals surface area contributed by atoms with Crippen molar-refractivity contribution in [3.63, 3.8) is 0 Å². The fourth-order valence-electron chi connectivity index (χ4n) is 2.11. The Balaban J connectivity index is 0.00000312. The SMILES string of the molecule is CCNC(=NCc1ccc(S(C)(=O)=O)cc1)NCc1ccc(C)s1.I. The molecule has 0 aliphatic rings. The van der Waals surface area contributed by atoms with Crippen molar-refractivity contribution in [2.75, 3.05) is 12.8 Å². The molecule has 25 heavy (non-hydrogen) atoms. The van der Waals surface area contributed by atoms with Gasteiger partial charge in [0, 0.05) is 22.6 Å². The minimum absolute atomic E-state index is 0. The summed E-state index contributed by atoms with van der Waals surface area (Å²) in [4.78, 5) is 7.43. The van der Waals surface area contributed by atoms with Crippen LogP contribution in [-0.4, -0.2) is 27.2 Å². The number of benzene rings is 1. The van der Waals surface area contributed by atoms with Crippen LogP contribution >= 0.6 is 35.3 Å². The average molecular weight is 493 g/mol. The second kappa shape index (κ2) is 10.1. The van der Waals surface area contributed by atoms with Gasteiger partial charge < -0.3 is 10.6 Å². The first-order valence-corrected chi connectivity index (χ1v) is 10.5. The van der Waals surface area contributed by atoms with Gasteiger partial charge in [-0.25, -0.2) is 13.4 Å². The fourth-order valence-corrected chi connectivity index (χ4v) is 3.57. The van der Waals surface area contributed by atoms with Crippen LogP contribution in [0, 0.1) is 6.92 Å². The standard InChI is InChI=1S/C17H23N3O2S2.HI/c1-4-18-17(20-12-15-8-5-13(2)23-15)19-11-14-6-9-16(10-7-14)24(3,21)22;/h5-10H,4,11-12H2,1-3H3,(H2,18,19,20);1H. The van der Waals surface area contributed by atoms with Gasteiger partial charge in [0.2, 0.25) is 0 Å². The lowest BCUT2D eigenvalue weighted by Gasteiger charge is -2.10. The molecule has 0 atom stereocenters. The first kappa shape index (κ1) is 21.9. The number of hydrogen-bond acceptors (Lipinski definition) is 4. The highest BCUT2D eigenvalue weighted by atomic mass is 127. The van der Waals surface area contributed by atoms with Crippen molar-refractivity contribution in [2.24, 2.45) is 4.99 Å². The highest BCUT2D eigenvalue weighted by Gasteiger charge is 2.06. The quantitative estimate of drug-likeness (QED) is 0.368. The maximum atomic E-state index is 11.5. The predicted octanol–water partition coefficient (Wildman–Crippen LogP) is 3.33. The molecule has 0 aliphatic heterocycles. The third-order valence-electron chi connectivity index (χ3n) is 3.34. The third-order valence-corrected chi connectivity index (χ3v) is 5.47. The number of nitrogens with zero attached hydrogens (tertiary/aromatic N) is 1. The number of sulfone groups is 1. The van der Waals surface area contributed by atoms with Crippen LogP contribution in [-0.2, 0) is 22.9 Å². The summed E-state index contributed by atoms with van der Waals surface area (Å²) in [5, 5.41) is 6.52. The zero-order valence-corrected chi connectivity index (χ0v) is 18.5. The Morgan fingerprint density at radius 2 is 1.80 bits per heavy atom. The van der Waals surface area contributed by atoms with E-state index in [2.05, 4.69) is 34.7 Å². The Morgan fingerprint density at radius 1 is 1.12 bits per heavy atom. The minimum atomic E-state index is -3.16. The van der Waals surface area contributed by atoms with Crippen molar-refractivity contribution in [1.82, 2.24) is 10.6 Å². The van der Waals surface area contributed by atoms with Gasteiger partial charge in [0.15, 0.2) is 15.8 Å². The van der Waals surface area contributed by atoms with E-state index in [4.69, 9.17) is 0 Å². The van der Waals surface area contributed by atoms with Crippen molar-refractivity contribution >= 4 is 51.1 Å². The number of guanidine groups is 1. The van der Waals surface area contributed by atoms with E-state index in [0.717, 1.165) is 24.6 Å². The van der Waals surface area contributed by atoms with Crippen molar-refractivity contribution in [2.45, 2.75) is 31.8 Å². The molecule has 2 N–H and O–H groups in total. The number of nitrogens with one attached hydrogen (secondary N) is 2. The molecule has 0 unspecified atom stereocenters. The molecule has 0 saturated heterocycles. The van der Waals surface area contributed by atoms with E-state index in [1.165, 1.54) is 16.0 Å². The Morgan fingerprint density at radius 3 is 2.32 bits per heavy atom. The highest BCUT2D eigenvalue weighted by Crippen LogP contribution is 2.14. The normalized spacial score (nSPS) is 11.7. The number of rotatable bonds is 6. The Bertz CT molecular complexity index is 800. The topological polar surface area (TPSA) is 70.6 Å². The maximum absolute atomic E-state index is 11.5. The van der Waals surface area contributed by atoms with Gasteiger partial charge in [-0.1, -0.05) is 12.1 Å². The lowest BCUT2D eigenvalue weighted by Crippen LogP contribution is -2.36. The smallest absolute Gasteiger partial charge is 0.191 e. The zero-order valence-electron chi connectivity index (χ0n) is 14.6. The van der Waals surface area contributed by atoms with Crippen molar-refractivity contribution in [3.8, 4) is 0 Å². The molecule has 0 aliphatic carbocycles. The predicted molar refractivity (Wildman–Crippen MR) is 116 cm³/mol. The van der Waals surface area contributed by atoms with Crippen LogP contribution in [0.15, 0.2) is 46.3 Å². The molecule has 1 aromatic heterocycles. The first-order chi connectivity index (χ1) is 11.4. The van der Waals surface area contributed by atoms with Gasteiger partial charge in [-0.05, 0) is 43.7 Å². The summed E-state index contributed by atoms with van der Waals surface area (Å²) in [5.41, 5.74) is 0.964. The van der Waals surface area contributed by atoms with Gasteiger partial charge in [0.05, 0.1) is 18.0 Å². The van der Waals surface area contributed by atoms with E-state index in [0.29, 0.717) is 11.4 Å². The van der Waals surface area contributed by atoms with E-state index in [-0.39, 0.29) is 24.0 Å². The van der Waals surface area contributed by atoms with Gasteiger partial charge in [0.1, 0.15) is 0 Å². The van der Waals surface area contributed by atoms with E-state index in [1.54, 1.807) is 35.6 Å². The van der Waals surface area contributed by atoms with Gasteiger partial charge in [-0.2, -0.15) is 0 Å². The lowest BCUT2D eigenvalue weighted by molar-refractivity contribution is 0.602. The number of hydrogen-bond donors (Lipinski definition) is 2. The summed E-state index contributed by atoms with van der Waals surface area (Å²) in [6, 6.07) is 11.1. The van der Waals surface area contributed by atoms with Crippen LogP contribution in [0.5, 0.6) is 0 Å². The van der Waals surface area contributed by atoms with Crippen LogP contribution in [0.3, 0.4) is 0 Å². The van der Waals surface area contributed by atoms with E-state index in [9.17, 15) is 8.42 Å². The van der Waals surface area contributed by atoms with Crippen LogP contribution in [0.25, 0.3) is 0 Å². The molecule has 1 heterocycles. The molecule has 0 bridgehead atoms. The van der Waals surface area contributed by atoms with Crippen LogP contribution in [0.1, 0.15) is 22.2 Å². The van der Waals surface area contributed by atoms with Gasteiger partial charge >= 0.3 is 0 Å². The molecule has 5 nitrogen and oxygen atoms in total. The maximum Gasteiger partial charge on any atom is 0.191 e. The summed E-state index contributed by atoms with van der Waals surface area (Å²) in [7, 11) is -3.16. The minimum Gasteiger partial charge on any atom is -0.357 e. The summed E-state index contributed by atoms with van der Waals surface area (Å²) in [5.74, 6) is 0.746. The average Bonchev–Trinajstić information content (AvgIpc) is 2.95. The summed E-state index contributed by atoms with van der Waals surface area (Å²) in [6.07, 6.45) is 1.21. The molecule has 2 rings (SSSR count). The number of thiophene rings is 1. The molecule has 0 fully saturated rings. The van der Waals surface area contributed by atoms with Gasteiger partial charge in [0.25, 0.3) is 0 Å². The Labute approximate surface area is 170 Å². The van der Waals surface area contributed by atoms with Crippen LogP contribution < -0.4 is 10.6 Å². The Hall–Kier alpha value is -1.13. The fraction of sp³-hybridized carbons (Fsp3) is 0.353. The molecule has 0 saturated carbocycles. The van der Waals surface area contributed by atoms with Crippen LogP contribution in [0.2, 0.25) is 0 Å². The largest absolute Gasteiger partial charge is 0.357 e. The molecular formula is C17H24IN3O2S2. The van der Waals surface area contributed by atoms with Gasteiger partial charge in [-0.15, -0.1) is 35.3 Å². The molecular weight excluding hydrogens is 469 g/mol. The third kappa shape index (κ3) is 7.33. The zero-order chi connectivity index (χ0) is 17.6. The Kier molecular flexibility index (Phi) is 8.87. The molecule has 0 radical (unpaired) electrons. The number of aliphatic imine (C=N–C) groups is 1. The number of halogens is 1. The molecule has 8 heteroatoms. The number of aryl methyl sites for hydroxylation is 1. The molecule has 138 valence electrons. The van der Waals surface area contributed by atoms with E-state index in [1.807, 2.05) is 6.92 Å². The second-order valence-corrected chi connectivity index (χ2v) is 8.87. The first-order valence-electron chi connectivity index (χ1n) is 7.75. The van der Waals surface area contributed by atoms with Gasteiger partial charge in [-0.3, -0.25) is 0 Å². The van der Waals surface area contributed by atoms with Crippen molar-refractivity contribution < 1.29 is 8.42 Å². The molecule has 0 amide bonds. The van der Waals surface area contributed by atoms with Crippen molar-refractivity contribution in [1.29, 1.82) is 0 Å². The van der Waals surface area contributed by atoms with E-state index >= 15 is 0 Å². The molecule has 1 aromatic carbocycles. The molecule has 0 spiro atoms.